The molecule has 1 amide bonds. The van der Waals surface area contributed by atoms with Gasteiger partial charge in [-0.1, -0.05) is 6.58 Å². The van der Waals surface area contributed by atoms with Crippen molar-refractivity contribution in [2.75, 3.05) is 0 Å². The van der Waals surface area contributed by atoms with Crippen LogP contribution in [0.2, 0.25) is 0 Å². The zero-order valence-electron chi connectivity index (χ0n) is 12.0. The van der Waals surface area contributed by atoms with Gasteiger partial charge in [0.05, 0.1) is 11.7 Å². The molecule has 1 fully saturated rings. The van der Waals surface area contributed by atoms with E-state index in [9.17, 15) is 18.0 Å². The van der Waals surface area contributed by atoms with Crippen molar-refractivity contribution in [3.05, 3.63) is 42.5 Å². The third-order valence-corrected chi connectivity index (χ3v) is 3.69. The van der Waals surface area contributed by atoms with Gasteiger partial charge in [-0.15, -0.1) is 0 Å². The maximum Gasteiger partial charge on any atom is 0.416 e. The van der Waals surface area contributed by atoms with Crippen molar-refractivity contribution >= 4 is 5.91 Å². The van der Waals surface area contributed by atoms with E-state index in [4.69, 9.17) is 4.74 Å². The summed E-state index contributed by atoms with van der Waals surface area (Å²) in [4.78, 5) is 11.2. The molecule has 0 bridgehead atoms. The van der Waals surface area contributed by atoms with Crippen molar-refractivity contribution in [1.82, 2.24) is 5.32 Å². The van der Waals surface area contributed by atoms with Crippen LogP contribution >= 0.6 is 0 Å². The third kappa shape index (κ3) is 4.51. The van der Waals surface area contributed by atoms with E-state index in [2.05, 4.69) is 11.9 Å². The second-order valence-corrected chi connectivity index (χ2v) is 5.33. The second-order valence-electron chi connectivity index (χ2n) is 5.33. The van der Waals surface area contributed by atoms with Crippen LogP contribution in [0.3, 0.4) is 0 Å². The number of hydrogen-bond donors (Lipinski definition) is 1. The van der Waals surface area contributed by atoms with Gasteiger partial charge >= 0.3 is 6.18 Å². The van der Waals surface area contributed by atoms with Gasteiger partial charge in [0, 0.05) is 6.04 Å². The Kier molecular flexibility index (Phi) is 5.11. The average molecular weight is 313 g/mol. The van der Waals surface area contributed by atoms with E-state index >= 15 is 0 Å². The molecule has 1 N–H and O–H groups in total. The third-order valence-electron chi connectivity index (χ3n) is 3.69. The lowest BCUT2D eigenvalue weighted by atomic mass is 9.93. The SMILES string of the molecule is C=CC(=O)N[C@H]1CC[C@H](Oc2ccc(C(F)(F)F)cc2)CC1. The number of carbonyl (C=O) groups excluding carboxylic acids is 1. The fourth-order valence-corrected chi connectivity index (χ4v) is 2.50. The van der Waals surface area contributed by atoms with Crippen LogP contribution in [0.5, 0.6) is 5.75 Å². The Morgan fingerprint density at radius 3 is 2.27 bits per heavy atom. The van der Waals surface area contributed by atoms with E-state index in [1.165, 1.54) is 18.2 Å². The number of halogens is 3. The standard InChI is InChI=1S/C16H18F3NO2/c1-2-15(21)20-12-5-9-14(10-6-12)22-13-7-3-11(4-8-13)16(17,18)19/h2-4,7-8,12,14H,1,5-6,9-10H2,(H,20,21)/t12-,14-. The van der Waals surface area contributed by atoms with Crippen molar-refractivity contribution in [3.8, 4) is 5.75 Å². The highest BCUT2D eigenvalue weighted by molar-refractivity contribution is 5.87. The van der Waals surface area contributed by atoms with Gasteiger partial charge in [-0.25, -0.2) is 0 Å². The lowest BCUT2D eigenvalue weighted by Crippen LogP contribution is -2.38. The summed E-state index contributed by atoms with van der Waals surface area (Å²) in [6, 6.07) is 4.83. The summed E-state index contributed by atoms with van der Waals surface area (Å²) in [7, 11) is 0. The summed E-state index contributed by atoms with van der Waals surface area (Å²) in [5, 5.41) is 2.84. The molecule has 0 atom stereocenters. The summed E-state index contributed by atoms with van der Waals surface area (Å²) in [6.45, 7) is 3.40. The molecule has 0 heterocycles. The molecule has 6 heteroatoms. The van der Waals surface area contributed by atoms with Crippen LogP contribution in [0.4, 0.5) is 13.2 Å². The number of hydrogen-bond acceptors (Lipinski definition) is 2. The predicted molar refractivity (Wildman–Crippen MR) is 76.5 cm³/mol. The van der Waals surface area contributed by atoms with Gasteiger partial charge in [0.25, 0.3) is 0 Å². The van der Waals surface area contributed by atoms with E-state index in [1.807, 2.05) is 0 Å². The molecule has 1 aliphatic rings. The van der Waals surface area contributed by atoms with Gasteiger partial charge in [0.15, 0.2) is 0 Å². The predicted octanol–water partition coefficient (Wildman–Crippen LogP) is 3.70. The van der Waals surface area contributed by atoms with Crippen LogP contribution in [0.25, 0.3) is 0 Å². The molecule has 1 aliphatic carbocycles. The Morgan fingerprint density at radius 1 is 1.18 bits per heavy atom. The van der Waals surface area contributed by atoms with Gasteiger partial charge in [0.1, 0.15) is 5.75 Å². The van der Waals surface area contributed by atoms with Crippen molar-refractivity contribution < 1.29 is 22.7 Å². The summed E-state index contributed by atoms with van der Waals surface area (Å²) >= 11 is 0. The van der Waals surface area contributed by atoms with Crippen molar-refractivity contribution in [2.45, 2.75) is 44.0 Å². The van der Waals surface area contributed by atoms with Crippen LogP contribution < -0.4 is 10.1 Å². The van der Waals surface area contributed by atoms with Crippen LogP contribution in [0.1, 0.15) is 31.2 Å². The maximum atomic E-state index is 12.5. The second kappa shape index (κ2) is 6.85. The molecular formula is C16H18F3NO2. The van der Waals surface area contributed by atoms with E-state index in [0.29, 0.717) is 5.75 Å². The molecule has 0 spiro atoms. The molecule has 3 nitrogen and oxygen atoms in total. The van der Waals surface area contributed by atoms with Gasteiger partial charge in [-0.3, -0.25) is 4.79 Å². The molecule has 0 radical (unpaired) electrons. The van der Waals surface area contributed by atoms with Crippen LogP contribution in [-0.4, -0.2) is 18.1 Å². The molecule has 0 saturated heterocycles. The fourth-order valence-electron chi connectivity index (χ4n) is 2.50. The molecule has 1 saturated carbocycles. The fraction of sp³-hybridized carbons (Fsp3) is 0.438. The zero-order chi connectivity index (χ0) is 16.2. The normalized spacial score (nSPS) is 22.0. The van der Waals surface area contributed by atoms with Gasteiger partial charge in [-0.2, -0.15) is 13.2 Å². The lowest BCUT2D eigenvalue weighted by molar-refractivity contribution is -0.137. The minimum Gasteiger partial charge on any atom is -0.490 e. The van der Waals surface area contributed by atoms with Crippen molar-refractivity contribution in [2.24, 2.45) is 0 Å². The van der Waals surface area contributed by atoms with E-state index < -0.39 is 11.7 Å². The van der Waals surface area contributed by atoms with Gasteiger partial charge in [-0.05, 0) is 56.0 Å². The Balaban J connectivity index is 1.83. The number of rotatable bonds is 4. The average Bonchev–Trinajstić information content (AvgIpc) is 2.49. The monoisotopic (exact) mass is 313 g/mol. The number of benzene rings is 1. The van der Waals surface area contributed by atoms with E-state index in [1.54, 1.807) is 0 Å². The number of ether oxygens (including phenoxy) is 1. The Labute approximate surface area is 127 Å². The first-order chi connectivity index (χ1) is 10.4. The number of amides is 1. The topological polar surface area (TPSA) is 38.3 Å². The zero-order valence-corrected chi connectivity index (χ0v) is 12.0. The highest BCUT2D eigenvalue weighted by Gasteiger charge is 2.30. The maximum absolute atomic E-state index is 12.5. The Morgan fingerprint density at radius 2 is 1.77 bits per heavy atom. The molecule has 120 valence electrons. The first-order valence-corrected chi connectivity index (χ1v) is 7.15. The summed E-state index contributed by atoms with van der Waals surface area (Å²) in [6.07, 6.45) is -0.0548. The van der Waals surface area contributed by atoms with Crippen LogP contribution in [-0.2, 0) is 11.0 Å². The molecule has 0 aliphatic heterocycles. The smallest absolute Gasteiger partial charge is 0.416 e. The van der Waals surface area contributed by atoms with Crippen molar-refractivity contribution in [3.63, 3.8) is 0 Å². The molecule has 1 aromatic rings. The highest BCUT2D eigenvalue weighted by atomic mass is 19.4. The van der Waals surface area contributed by atoms with E-state index in [-0.39, 0.29) is 18.1 Å². The first-order valence-electron chi connectivity index (χ1n) is 7.15. The van der Waals surface area contributed by atoms with Gasteiger partial charge < -0.3 is 10.1 Å². The van der Waals surface area contributed by atoms with Gasteiger partial charge in [0.2, 0.25) is 5.91 Å². The molecule has 2 rings (SSSR count). The Bertz CT molecular complexity index is 517. The molecule has 22 heavy (non-hydrogen) atoms. The van der Waals surface area contributed by atoms with Crippen LogP contribution in [0.15, 0.2) is 36.9 Å². The minimum absolute atomic E-state index is 0.0337. The van der Waals surface area contributed by atoms with Crippen molar-refractivity contribution in [1.29, 1.82) is 0 Å². The highest BCUT2D eigenvalue weighted by Crippen LogP contribution is 2.31. The largest absolute Gasteiger partial charge is 0.490 e. The molecule has 0 aromatic heterocycles. The summed E-state index contributed by atoms with van der Waals surface area (Å²) < 4.78 is 43.1. The minimum atomic E-state index is -4.33. The summed E-state index contributed by atoms with van der Waals surface area (Å²) in [5.74, 6) is 0.249. The quantitative estimate of drug-likeness (QED) is 0.861. The number of alkyl halides is 3. The molecular weight excluding hydrogens is 295 g/mol. The summed E-state index contributed by atoms with van der Waals surface area (Å²) in [5.41, 5.74) is -0.685. The van der Waals surface area contributed by atoms with E-state index in [0.717, 1.165) is 37.8 Å². The lowest BCUT2D eigenvalue weighted by Gasteiger charge is -2.29. The first kappa shape index (κ1) is 16.4. The number of nitrogens with one attached hydrogen (secondary N) is 1. The Hall–Kier alpha value is -1.98. The molecule has 1 aromatic carbocycles. The molecule has 0 unspecified atom stereocenters. The van der Waals surface area contributed by atoms with Crippen LogP contribution in [0, 0.1) is 0 Å². The number of carbonyl (C=O) groups is 1.